The van der Waals surface area contributed by atoms with Crippen LogP contribution in [-0.2, 0) is 12.8 Å². The van der Waals surface area contributed by atoms with Gasteiger partial charge in [0.05, 0.1) is 0 Å². The molecule has 6 nitrogen and oxygen atoms in total. The molecule has 0 bridgehead atoms. The van der Waals surface area contributed by atoms with Crippen LogP contribution in [0.25, 0.3) is 0 Å². The summed E-state index contributed by atoms with van der Waals surface area (Å²) >= 11 is 0.0958. The summed E-state index contributed by atoms with van der Waals surface area (Å²) in [6.45, 7) is 1.06. The second kappa shape index (κ2) is 13.7. The molecule has 182 valence electrons. The van der Waals surface area contributed by atoms with Gasteiger partial charge in [0.1, 0.15) is 0 Å². The van der Waals surface area contributed by atoms with E-state index in [2.05, 4.69) is 20.6 Å². The minimum absolute atomic E-state index is 0.0479. The summed E-state index contributed by atoms with van der Waals surface area (Å²) in [5.74, 6) is -0.139. The fourth-order valence-electron chi connectivity index (χ4n) is 3.43. The van der Waals surface area contributed by atoms with E-state index in [0.717, 1.165) is 20.3 Å². The number of amides is 2. The quantitative estimate of drug-likeness (QED) is 0.254. The Morgan fingerprint density at radius 3 is 1.42 bits per heavy atom. The number of hydrogen-bond donors (Lipinski definition) is 2. The number of nitrogens with one attached hydrogen (secondary N) is 2. The summed E-state index contributed by atoms with van der Waals surface area (Å²) in [6.07, 6.45) is 4.89. The molecule has 4 aromatic rings. The van der Waals surface area contributed by atoms with E-state index in [4.69, 9.17) is 0 Å². The Morgan fingerprint density at radius 2 is 1.00 bits per heavy atom. The molecular formula is C28H26N4O2Se2. The van der Waals surface area contributed by atoms with Gasteiger partial charge in [-0.2, -0.15) is 0 Å². The van der Waals surface area contributed by atoms with Gasteiger partial charge in [0.15, 0.2) is 0 Å². The van der Waals surface area contributed by atoms with E-state index >= 15 is 0 Å². The zero-order valence-electron chi connectivity index (χ0n) is 19.6. The molecule has 0 atom stereocenters. The summed E-state index contributed by atoms with van der Waals surface area (Å²) < 4.78 is 2.09. The number of hydrogen-bond acceptors (Lipinski definition) is 4. The predicted octanol–water partition coefficient (Wildman–Crippen LogP) is 1.70. The molecule has 0 unspecified atom stereocenters. The van der Waals surface area contributed by atoms with Crippen LogP contribution in [0.5, 0.6) is 0 Å². The Bertz CT molecular complexity index is 1190. The van der Waals surface area contributed by atoms with Gasteiger partial charge >= 0.3 is 223 Å². The zero-order valence-corrected chi connectivity index (χ0v) is 23.0. The zero-order chi connectivity index (χ0) is 25.0. The molecule has 2 aromatic heterocycles. The first kappa shape index (κ1) is 25.8. The van der Waals surface area contributed by atoms with Gasteiger partial charge in [-0.3, -0.25) is 0 Å². The normalized spacial score (nSPS) is 10.6. The van der Waals surface area contributed by atoms with E-state index < -0.39 is 0 Å². The van der Waals surface area contributed by atoms with Crippen LogP contribution < -0.4 is 19.6 Å². The van der Waals surface area contributed by atoms with Gasteiger partial charge in [0, 0.05) is 0 Å². The van der Waals surface area contributed by atoms with Crippen molar-refractivity contribution < 1.29 is 9.59 Å². The molecule has 2 amide bonds. The molecule has 0 aliphatic heterocycles. The van der Waals surface area contributed by atoms with Gasteiger partial charge < -0.3 is 0 Å². The molecule has 0 radical (unpaired) electrons. The number of carbonyl (C=O) groups excluding carboxylic acids is 2. The predicted molar refractivity (Wildman–Crippen MR) is 144 cm³/mol. The molecular weight excluding hydrogens is 582 g/mol. The van der Waals surface area contributed by atoms with E-state index in [9.17, 15) is 9.59 Å². The van der Waals surface area contributed by atoms with Crippen LogP contribution in [-0.4, -0.2) is 61.1 Å². The number of rotatable bonds is 11. The van der Waals surface area contributed by atoms with Crippen LogP contribution in [0.1, 0.15) is 32.1 Å². The van der Waals surface area contributed by atoms with Gasteiger partial charge in [0.25, 0.3) is 0 Å². The van der Waals surface area contributed by atoms with Crippen molar-refractivity contribution >= 4 is 47.0 Å². The van der Waals surface area contributed by atoms with Crippen LogP contribution in [0, 0.1) is 0 Å². The molecule has 0 spiro atoms. The van der Waals surface area contributed by atoms with Crippen molar-refractivity contribution in [3.8, 4) is 0 Å². The van der Waals surface area contributed by atoms with Crippen LogP contribution in [0.4, 0.5) is 0 Å². The number of nitrogens with zero attached hydrogens (tertiary/aromatic N) is 2. The summed E-state index contributed by atoms with van der Waals surface area (Å²) in [5.41, 5.74) is 3.32. The molecule has 2 N–H and O–H groups in total. The molecule has 2 aromatic carbocycles. The van der Waals surface area contributed by atoms with Crippen molar-refractivity contribution in [3.63, 3.8) is 0 Å². The number of benzene rings is 2. The SMILES string of the molecule is O=C(NCCc1ccccn1)c1ccccc1[Se][Se]c1ccccc1C(=O)NCCc1ccccn1. The van der Waals surface area contributed by atoms with Crippen LogP contribution in [0.2, 0.25) is 0 Å². The molecule has 36 heavy (non-hydrogen) atoms. The third-order valence-corrected chi connectivity index (χ3v) is 12.5. The van der Waals surface area contributed by atoms with Crippen LogP contribution >= 0.6 is 0 Å². The fourth-order valence-corrected chi connectivity index (χ4v) is 10.6. The van der Waals surface area contributed by atoms with E-state index in [0.29, 0.717) is 37.1 Å². The Hall–Kier alpha value is -3.28. The first-order valence-corrected chi connectivity index (χ1v) is 17.6. The number of aromatic nitrogens is 2. The Morgan fingerprint density at radius 1 is 0.583 bits per heavy atom. The first-order chi connectivity index (χ1) is 17.7. The van der Waals surface area contributed by atoms with Crippen molar-refractivity contribution in [2.24, 2.45) is 0 Å². The molecule has 8 heteroatoms. The van der Waals surface area contributed by atoms with Gasteiger partial charge in [-0.15, -0.1) is 0 Å². The maximum atomic E-state index is 12.9. The monoisotopic (exact) mass is 610 g/mol. The maximum absolute atomic E-state index is 12.9. The van der Waals surface area contributed by atoms with Crippen molar-refractivity contribution in [1.82, 2.24) is 20.6 Å². The molecule has 0 saturated carbocycles. The fraction of sp³-hybridized carbons (Fsp3) is 0.143. The second-order valence-corrected chi connectivity index (χ2v) is 14.0. The third kappa shape index (κ3) is 7.61. The van der Waals surface area contributed by atoms with Gasteiger partial charge in [0.2, 0.25) is 0 Å². The van der Waals surface area contributed by atoms with Crippen molar-refractivity contribution in [1.29, 1.82) is 0 Å². The van der Waals surface area contributed by atoms with Gasteiger partial charge in [-0.05, 0) is 0 Å². The molecule has 2 heterocycles. The van der Waals surface area contributed by atoms with Gasteiger partial charge in [-0.25, -0.2) is 0 Å². The molecule has 4 rings (SSSR count). The Kier molecular flexibility index (Phi) is 9.83. The average molecular weight is 608 g/mol. The van der Waals surface area contributed by atoms with Gasteiger partial charge in [-0.1, -0.05) is 0 Å². The topological polar surface area (TPSA) is 84.0 Å². The Balaban J connectivity index is 1.34. The van der Waals surface area contributed by atoms with Crippen molar-refractivity contribution in [3.05, 3.63) is 120 Å². The van der Waals surface area contributed by atoms with E-state index in [1.54, 1.807) is 12.4 Å². The number of carbonyl (C=O) groups is 2. The average Bonchev–Trinajstić information content (AvgIpc) is 2.93. The van der Waals surface area contributed by atoms with E-state index in [1.165, 1.54) is 0 Å². The molecule has 0 aliphatic rings. The molecule has 0 aliphatic carbocycles. The molecule has 0 fully saturated rings. The minimum atomic E-state index is -0.0697. The van der Waals surface area contributed by atoms with Crippen molar-refractivity contribution in [2.45, 2.75) is 12.8 Å². The summed E-state index contributed by atoms with van der Waals surface area (Å²) in [6, 6.07) is 27.1. The number of pyridine rings is 2. The second-order valence-electron chi connectivity index (χ2n) is 7.81. The molecule has 0 saturated heterocycles. The van der Waals surface area contributed by atoms with E-state index in [-0.39, 0.29) is 38.1 Å². The Labute approximate surface area is 222 Å². The van der Waals surface area contributed by atoms with Crippen LogP contribution in [0.3, 0.4) is 0 Å². The summed E-state index contributed by atoms with van der Waals surface area (Å²) in [5, 5.41) is 6.04. The van der Waals surface area contributed by atoms with E-state index in [1.807, 2.05) is 84.9 Å². The first-order valence-electron chi connectivity index (χ1n) is 11.6. The summed E-state index contributed by atoms with van der Waals surface area (Å²) in [4.78, 5) is 34.4. The standard InChI is InChI=1S/C28H26N4O2Se2/c33-27(31-19-15-21-9-5-7-17-29-21)23-11-1-3-13-25(23)35-36-26-14-4-2-12-24(26)28(34)32-20-16-22-10-6-8-18-30-22/h1-14,17-18H,15-16,19-20H2,(H,31,33)(H,32,34). The third-order valence-electron chi connectivity index (χ3n) is 5.27. The van der Waals surface area contributed by atoms with Crippen LogP contribution in [0.15, 0.2) is 97.3 Å². The summed E-state index contributed by atoms with van der Waals surface area (Å²) in [7, 11) is 0. The van der Waals surface area contributed by atoms with Crippen molar-refractivity contribution in [2.75, 3.05) is 13.1 Å².